The monoisotopic (exact) mass is 344 g/mol. The number of rotatable bonds is 3. The van der Waals surface area contributed by atoms with Crippen molar-refractivity contribution in [3.63, 3.8) is 0 Å². The van der Waals surface area contributed by atoms with Crippen LogP contribution in [0.4, 0.5) is 0 Å². The van der Waals surface area contributed by atoms with E-state index in [0.29, 0.717) is 24.3 Å². The molecule has 1 unspecified atom stereocenters. The molecule has 0 aromatic carbocycles. The number of carbonyl (C=O) groups is 1. The van der Waals surface area contributed by atoms with Gasteiger partial charge in [0.1, 0.15) is 5.69 Å². The lowest BCUT2D eigenvalue weighted by Crippen LogP contribution is -2.18. The molecule has 0 N–H and O–H groups in total. The molecule has 1 atom stereocenters. The summed E-state index contributed by atoms with van der Waals surface area (Å²) < 4.78 is 1.91. The van der Waals surface area contributed by atoms with E-state index in [9.17, 15) is 10.1 Å². The first-order valence-electron chi connectivity index (χ1n) is 9.43. The number of fused-ring (bicyclic) bond motifs is 2. The van der Waals surface area contributed by atoms with Gasteiger partial charge >= 0.3 is 0 Å². The highest BCUT2D eigenvalue weighted by molar-refractivity contribution is 6.10. The normalized spacial score (nSPS) is 19.5. The predicted octanol–water partition coefficient (Wildman–Crippen LogP) is 4.12. The average Bonchev–Trinajstić information content (AvgIpc) is 3.38. The van der Waals surface area contributed by atoms with E-state index >= 15 is 0 Å². The Morgan fingerprint density at radius 3 is 2.96 bits per heavy atom. The van der Waals surface area contributed by atoms with Crippen LogP contribution in [0.3, 0.4) is 0 Å². The number of allylic oxidation sites excluding steroid dienone is 2. The summed E-state index contributed by atoms with van der Waals surface area (Å²) in [5.41, 5.74) is 5.69. The lowest BCUT2D eigenvalue weighted by molar-refractivity contribution is 0.0999. The summed E-state index contributed by atoms with van der Waals surface area (Å²) in [5, 5.41) is 14.2. The maximum atomic E-state index is 12.9. The summed E-state index contributed by atoms with van der Waals surface area (Å²) in [4.78, 5) is 17.4. The fourth-order valence-corrected chi connectivity index (χ4v) is 4.84. The van der Waals surface area contributed by atoms with Crippen molar-refractivity contribution in [1.82, 2.24) is 14.8 Å². The van der Waals surface area contributed by atoms with Gasteiger partial charge in [-0.1, -0.05) is 18.9 Å². The summed E-state index contributed by atoms with van der Waals surface area (Å²) in [6.45, 7) is 0. The standard InChI is InChI=1S/C21H20N4O/c22-9-7-18(13-3-1-2-4-13)25-12-16-19(26)11-14-5-6-17-20(14)15(8-10-23-17)21(16)24-25/h5,8,10,12-13,18H,1-4,6-7,11H2. The highest BCUT2D eigenvalue weighted by Crippen LogP contribution is 2.43. The SMILES string of the molecule is N#CCC(C1CCCC1)n1cc2c(n1)-c1ccnc3c1C(=CC3)CC2=O. The highest BCUT2D eigenvalue weighted by atomic mass is 16.1. The molecule has 3 aliphatic rings. The molecule has 0 spiro atoms. The quantitative estimate of drug-likeness (QED) is 0.840. The van der Waals surface area contributed by atoms with Crippen LogP contribution in [-0.2, 0) is 6.42 Å². The Hall–Kier alpha value is -2.74. The van der Waals surface area contributed by atoms with Gasteiger partial charge in [-0.05, 0) is 30.4 Å². The molecule has 0 bridgehead atoms. The van der Waals surface area contributed by atoms with Crippen LogP contribution in [0.25, 0.3) is 16.8 Å². The minimum Gasteiger partial charge on any atom is -0.294 e. The first-order valence-corrected chi connectivity index (χ1v) is 9.43. The molecule has 0 saturated heterocycles. The number of nitrogens with zero attached hydrogens (tertiary/aromatic N) is 4. The third-order valence-corrected chi connectivity index (χ3v) is 6.12. The van der Waals surface area contributed by atoms with E-state index in [1.165, 1.54) is 12.8 Å². The molecule has 5 rings (SSSR count). The molecule has 0 amide bonds. The molecule has 2 heterocycles. The smallest absolute Gasteiger partial charge is 0.171 e. The average molecular weight is 344 g/mol. The van der Waals surface area contributed by atoms with Crippen LogP contribution in [0.15, 0.2) is 24.5 Å². The van der Waals surface area contributed by atoms with E-state index < -0.39 is 0 Å². The maximum Gasteiger partial charge on any atom is 0.171 e. The van der Waals surface area contributed by atoms with E-state index in [4.69, 9.17) is 5.10 Å². The second-order valence-electron chi connectivity index (χ2n) is 7.56. The molecular weight excluding hydrogens is 324 g/mol. The van der Waals surface area contributed by atoms with E-state index in [1.54, 1.807) is 0 Å². The van der Waals surface area contributed by atoms with E-state index in [2.05, 4.69) is 17.1 Å². The summed E-state index contributed by atoms with van der Waals surface area (Å²) >= 11 is 0. The number of nitriles is 1. The minimum atomic E-state index is 0.0622. The molecule has 0 aliphatic heterocycles. The molecule has 0 radical (unpaired) electrons. The Kier molecular flexibility index (Phi) is 3.53. The zero-order valence-electron chi connectivity index (χ0n) is 14.6. The van der Waals surface area contributed by atoms with Crippen molar-refractivity contribution in [3.8, 4) is 17.3 Å². The van der Waals surface area contributed by atoms with Crippen LogP contribution in [0.2, 0.25) is 0 Å². The van der Waals surface area contributed by atoms with Gasteiger partial charge in [-0.15, -0.1) is 0 Å². The van der Waals surface area contributed by atoms with Gasteiger partial charge in [0.15, 0.2) is 5.78 Å². The Bertz CT molecular complexity index is 972. The number of aromatic nitrogens is 3. The lowest BCUT2D eigenvalue weighted by atomic mass is 9.96. The molecular formula is C21H20N4O. The predicted molar refractivity (Wildman–Crippen MR) is 97.3 cm³/mol. The van der Waals surface area contributed by atoms with Crippen molar-refractivity contribution in [2.24, 2.45) is 5.92 Å². The van der Waals surface area contributed by atoms with Gasteiger partial charge in [0, 0.05) is 36.4 Å². The van der Waals surface area contributed by atoms with E-state index in [1.807, 2.05) is 23.1 Å². The van der Waals surface area contributed by atoms with Gasteiger partial charge < -0.3 is 0 Å². The summed E-state index contributed by atoms with van der Waals surface area (Å²) in [7, 11) is 0. The van der Waals surface area contributed by atoms with Crippen LogP contribution >= 0.6 is 0 Å². The Labute approximate surface area is 152 Å². The van der Waals surface area contributed by atoms with Crippen molar-refractivity contribution in [3.05, 3.63) is 41.4 Å². The van der Waals surface area contributed by atoms with Gasteiger partial charge in [-0.3, -0.25) is 14.5 Å². The zero-order valence-corrected chi connectivity index (χ0v) is 14.6. The summed E-state index contributed by atoms with van der Waals surface area (Å²) in [5.74, 6) is 0.593. The van der Waals surface area contributed by atoms with Gasteiger partial charge in [0.05, 0.1) is 29.8 Å². The van der Waals surface area contributed by atoms with Gasteiger partial charge in [-0.2, -0.15) is 10.4 Å². The highest BCUT2D eigenvalue weighted by Gasteiger charge is 2.33. The largest absolute Gasteiger partial charge is 0.294 e. The van der Waals surface area contributed by atoms with Crippen molar-refractivity contribution in [1.29, 1.82) is 5.26 Å². The molecule has 2 aromatic rings. The second kappa shape index (κ2) is 5.91. The van der Waals surface area contributed by atoms with Gasteiger partial charge in [-0.25, -0.2) is 0 Å². The molecule has 130 valence electrons. The fraction of sp³-hybridized carbons (Fsp3) is 0.429. The number of ketones is 1. The Morgan fingerprint density at radius 1 is 1.31 bits per heavy atom. The molecule has 2 aromatic heterocycles. The van der Waals surface area contributed by atoms with Crippen molar-refractivity contribution < 1.29 is 4.79 Å². The second-order valence-corrected chi connectivity index (χ2v) is 7.56. The summed E-state index contributed by atoms with van der Waals surface area (Å²) in [6.07, 6.45) is 12.2. The molecule has 3 aliphatic carbocycles. The topological polar surface area (TPSA) is 71.6 Å². The maximum absolute atomic E-state index is 12.9. The fourth-order valence-electron chi connectivity index (χ4n) is 4.84. The number of carbonyl (C=O) groups excluding carboxylic acids is 1. The zero-order chi connectivity index (χ0) is 17.7. The van der Waals surface area contributed by atoms with Crippen LogP contribution < -0.4 is 0 Å². The lowest BCUT2D eigenvalue weighted by Gasteiger charge is -2.21. The van der Waals surface area contributed by atoms with Crippen molar-refractivity contribution in [2.75, 3.05) is 0 Å². The first-order chi connectivity index (χ1) is 12.8. The van der Waals surface area contributed by atoms with Crippen molar-refractivity contribution in [2.45, 2.75) is 51.0 Å². The van der Waals surface area contributed by atoms with Crippen LogP contribution in [-0.4, -0.2) is 20.5 Å². The van der Waals surface area contributed by atoms with E-state index in [0.717, 1.165) is 47.4 Å². The Morgan fingerprint density at radius 2 is 2.15 bits per heavy atom. The molecule has 5 heteroatoms. The molecule has 1 fully saturated rings. The number of Topliss-reactive ketones (excluding diaryl/α,β-unsaturated/α-hetero) is 1. The first kappa shape index (κ1) is 15.5. The number of hydrogen-bond donors (Lipinski definition) is 0. The van der Waals surface area contributed by atoms with Gasteiger partial charge in [0.2, 0.25) is 0 Å². The van der Waals surface area contributed by atoms with Gasteiger partial charge in [0.25, 0.3) is 0 Å². The third-order valence-electron chi connectivity index (χ3n) is 6.12. The minimum absolute atomic E-state index is 0.0622. The van der Waals surface area contributed by atoms with E-state index in [-0.39, 0.29) is 11.8 Å². The third kappa shape index (κ3) is 2.25. The molecule has 1 saturated carbocycles. The van der Waals surface area contributed by atoms with Crippen molar-refractivity contribution >= 4 is 11.4 Å². The number of pyridine rings is 1. The van der Waals surface area contributed by atoms with Crippen LogP contribution in [0, 0.1) is 17.2 Å². The summed E-state index contributed by atoms with van der Waals surface area (Å²) in [6, 6.07) is 4.36. The Balaban J connectivity index is 1.65. The van der Waals surface area contributed by atoms with Crippen LogP contribution in [0.1, 0.15) is 66.2 Å². The number of hydrogen-bond acceptors (Lipinski definition) is 4. The van der Waals surface area contributed by atoms with Crippen LogP contribution in [0.5, 0.6) is 0 Å². The molecule has 26 heavy (non-hydrogen) atoms. The molecule has 5 nitrogen and oxygen atoms in total.